The van der Waals surface area contributed by atoms with Crippen molar-refractivity contribution >= 4 is 28.1 Å². The summed E-state index contributed by atoms with van der Waals surface area (Å²) >= 11 is 0. The van der Waals surface area contributed by atoms with E-state index in [1.54, 1.807) is 10.6 Å². The predicted molar refractivity (Wildman–Crippen MR) is 82.9 cm³/mol. The van der Waals surface area contributed by atoms with Crippen LogP contribution in [0.2, 0.25) is 0 Å². The van der Waals surface area contributed by atoms with Gasteiger partial charge in [-0.05, 0) is 6.07 Å². The van der Waals surface area contributed by atoms with Crippen LogP contribution in [-0.2, 0) is 20.8 Å². The lowest BCUT2D eigenvalue weighted by atomic mass is 10.1. The van der Waals surface area contributed by atoms with Crippen LogP contribution >= 0.6 is 0 Å². The Hall–Kier alpha value is -2.71. The van der Waals surface area contributed by atoms with Gasteiger partial charge >= 0.3 is 5.97 Å². The van der Waals surface area contributed by atoms with Gasteiger partial charge in [-0.1, -0.05) is 23.4 Å². The highest BCUT2D eigenvalue weighted by Gasteiger charge is 2.22. The van der Waals surface area contributed by atoms with Crippen molar-refractivity contribution in [3.05, 3.63) is 35.5 Å². The van der Waals surface area contributed by atoms with Crippen molar-refractivity contribution in [3.8, 4) is 0 Å². The Kier molecular flexibility index (Phi) is 4.09. The van der Waals surface area contributed by atoms with Crippen LogP contribution in [0.5, 0.6) is 0 Å². The maximum absolute atomic E-state index is 12.2. The molecule has 2 heterocycles. The van der Waals surface area contributed by atoms with Crippen LogP contribution in [0.25, 0.3) is 16.4 Å². The Morgan fingerprint density at radius 1 is 1.30 bits per heavy atom. The number of esters is 1. The van der Waals surface area contributed by atoms with Crippen LogP contribution in [0.3, 0.4) is 0 Å². The minimum Gasteiger partial charge on any atom is -0.465 e. The summed E-state index contributed by atoms with van der Waals surface area (Å²) in [5, 5.41) is 8.88. The molecule has 0 amide bonds. The van der Waals surface area contributed by atoms with Gasteiger partial charge in [0.15, 0.2) is 0 Å². The number of hydrogen-bond donors (Lipinski definition) is 1. The van der Waals surface area contributed by atoms with E-state index in [0.29, 0.717) is 27.7 Å². The molecule has 1 aromatic carbocycles. The quantitative estimate of drug-likeness (QED) is 0.431. The van der Waals surface area contributed by atoms with Crippen LogP contribution in [0.1, 0.15) is 16.1 Å². The Morgan fingerprint density at radius 3 is 2.83 bits per heavy atom. The molecule has 0 saturated heterocycles. The number of ether oxygens (including phenoxy) is 3. The molecule has 2 aromatic heterocycles. The fourth-order valence-corrected chi connectivity index (χ4v) is 2.53. The normalized spacial score (nSPS) is 11.2. The second-order valence-electron chi connectivity index (χ2n) is 4.85. The lowest BCUT2D eigenvalue weighted by Crippen LogP contribution is -2.10. The zero-order chi connectivity index (χ0) is 16.4. The third-order valence-electron chi connectivity index (χ3n) is 3.50. The molecular weight excluding hydrogens is 300 g/mol. The number of rotatable bonds is 5. The molecule has 0 unspecified atom stereocenters. The molecule has 0 aliphatic rings. The van der Waals surface area contributed by atoms with Gasteiger partial charge in [0.1, 0.15) is 18.0 Å². The number of pyridine rings is 1. The standard InChI is InChI=1S/C15H16N4O4/c1-21-8-23-7-10-14-13(16)12(15(20)22-2)9-5-3-4-6-11(9)19(14)18-17-10/h3-6H,7-8,16H2,1-2H3. The topological polar surface area (TPSA) is 101 Å². The first-order chi connectivity index (χ1) is 11.2. The molecule has 0 spiro atoms. The summed E-state index contributed by atoms with van der Waals surface area (Å²) in [5.41, 5.74) is 8.54. The number of hydrogen-bond acceptors (Lipinski definition) is 7. The molecule has 2 N–H and O–H groups in total. The van der Waals surface area contributed by atoms with Crippen molar-refractivity contribution in [3.63, 3.8) is 0 Å². The van der Waals surface area contributed by atoms with Crippen LogP contribution in [0, 0.1) is 0 Å². The van der Waals surface area contributed by atoms with E-state index in [4.69, 9.17) is 19.9 Å². The smallest absolute Gasteiger partial charge is 0.340 e. The van der Waals surface area contributed by atoms with Crippen molar-refractivity contribution in [2.45, 2.75) is 6.61 Å². The summed E-state index contributed by atoms with van der Waals surface area (Å²) in [7, 11) is 2.85. The summed E-state index contributed by atoms with van der Waals surface area (Å²) in [5.74, 6) is -0.508. The number of benzene rings is 1. The highest BCUT2D eigenvalue weighted by Crippen LogP contribution is 2.30. The van der Waals surface area contributed by atoms with Gasteiger partial charge in [0.25, 0.3) is 0 Å². The first kappa shape index (κ1) is 15.2. The number of nitrogens with zero attached hydrogens (tertiary/aromatic N) is 3. The van der Waals surface area contributed by atoms with Gasteiger partial charge in [0.05, 0.1) is 30.5 Å². The molecule has 8 nitrogen and oxygen atoms in total. The second-order valence-corrected chi connectivity index (χ2v) is 4.85. The van der Waals surface area contributed by atoms with E-state index in [-0.39, 0.29) is 19.1 Å². The minimum atomic E-state index is -0.508. The largest absolute Gasteiger partial charge is 0.465 e. The third-order valence-corrected chi connectivity index (χ3v) is 3.50. The summed E-state index contributed by atoms with van der Waals surface area (Å²) in [6.07, 6.45) is 0. The molecule has 0 radical (unpaired) electrons. The van der Waals surface area contributed by atoms with Gasteiger partial charge in [-0.25, -0.2) is 9.31 Å². The fourth-order valence-electron chi connectivity index (χ4n) is 2.53. The number of carbonyl (C=O) groups is 1. The van der Waals surface area contributed by atoms with Crippen molar-refractivity contribution < 1.29 is 19.0 Å². The molecule has 0 bridgehead atoms. The van der Waals surface area contributed by atoms with Crippen LogP contribution in [0.4, 0.5) is 5.69 Å². The minimum absolute atomic E-state index is 0.121. The van der Waals surface area contributed by atoms with Crippen LogP contribution in [-0.4, -0.2) is 41.8 Å². The highest BCUT2D eigenvalue weighted by molar-refractivity contribution is 6.11. The van der Waals surface area contributed by atoms with E-state index in [1.807, 2.05) is 18.2 Å². The number of aromatic nitrogens is 3. The third kappa shape index (κ3) is 2.47. The number of anilines is 1. The average Bonchev–Trinajstić information content (AvgIpc) is 2.99. The van der Waals surface area contributed by atoms with Crippen molar-refractivity contribution in [1.82, 2.24) is 14.8 Å². The van der Waals surface area contributed by atoms with E-state index < -0.39 is 5.97 Å². The average molecular weight is 316 g/mol. The van der Waals surface area contributed by atoms with Crippen LogP contribution < -0.4 is 5.73 Å². The maximum atomic E-state index is 12.2. The van der Waals surface area contributed by atoms with Gasteiger partial charge in [0.2, 0.25) is 0 Å². The van der Waals surface area contributed by atoms with Gasteiger partial charge in [-0.15, -0.1) is 5.10 Å². The number of methoxy groups -OCH3 is 2. The van der Waals surface area contributed by atoms with E-state index in [2.05, 4.69) is 10.3 Å². The van der Waals surface area contributed by atoms with Gasteiger partial charge in [-0.2, -0.15) is 0 Å². The van der Waals surface area contributed by atoms with E-state index >= 15 is 0 Å². The van der Waals surface area contributed by atoms with Crippen molar-refractivity contribution in [2.75, 3.05) is 26.7 Å². The second kappa shape index (κ2) is 6.19. The number of fused-ring (bicyclic) bond motifs is 3. The Morgan fingerprint density at radius 2 is 2.09 bits per heavy atom. The molecule has 23 heavy (non-hydrogen) atoms. The summed E-state index contributed by atoms with van der Waals surface area (Å²) in [4.78, 5) is 12.2. The summed E-state index contributed by atoms with van der Waals surface area (Å²) < 4.78 is 16.6. The van der Waals surface area contributed by atoms with Gasteiger partial charge in [-0.3, -0.25) is 0 Å². The van der Waals surface area contributed by atoms with Crippen molar-refractivity contribution in [1.29, 1.82) is 0 Å². The summed E-state index contributed by atoms with van der Waals surface area (Å²) in [6.45, 7) is 0.289. The van der Waals surface area contributed by atoms with E-state index in [9.17, 15) is 4.79 Å². The molecule has 3 rings (SSSR count). The monoisotopic (exact) mass is 316 g/mol. The predicted octanol–water partition coefficient (Wildman–Crippen LogP) is 1.37. The fraction of sp³-hybridized carbons (Fsp3) is 0.267. The number of nitrogen functional groups attached to an aromatic ring is 1. The molecule has 120 valence electrons. The van der Waals surface area contributed by atoms with Gasteiger partial charge in [0, 0.05) is 12.5 Å². The SMILES string of the molecule is COCOCc1nnn2c1c(N)c(C(=O)OC)c1ccccc12. The zero-order valence-electron chi connectivity index (χ0n) is 12.8. The first-order valence-electron chi connectivity index (χ1n) is 6.88. The van der Waals surface area contributed by atoms with Crippen LogP contribution in [0.15, 0.2) is 24.3 Å². The first-order valence-corrected chi connectivity index (χ1v) is 6.88. The highest BCUT2D eigenvalue weighted by atomic mass is 16.7. The molecule has 0 fully saturated rings. The molecule has 3 aromatic rings. The number of nitrogens with two attached hydrogens (primary N) is 1. The van der Waals surface area contributed by atoms with E-state index in [0.717, 1.165) is 0 Å². The zero-order valence-corrected chi connectivity index (χ0v) is 12.8. The Labute approximate surface area is 131 Å². The lowest BCUT2D eigenvalue weighted by molar-refractivity contribution is -0.0397. The molecule has 0 aliphatic heterocycles. The molecular formula is C15H16N4O4. The van der Waals surface area contributed by atoms with Gasteiger partial charge < -0.3 is 19.9 Å². The van der Waals surface area contributed by atoms with Crippen molar-refractivity contribution in [2.24, 2.45) is 0 Å². The lowest BCUT2D eigenvalue weighted by Gasteiger charge is -2.11. The Bertz CT molecular complexity index is 875. The number of para-hydroxylation sites is 1. The molecule has 0 saturated carbocycles. The number of carbonyl (C=O) groups excluding carboxylic acids is 1. The maximum Gasteiger partial charge on any atom is 0.340 e. The van der Waals surface area contributed by atoms with E-state index in [1.165, 1.54) is 14.2 Å². The molecule has 0 atom stereocenters. The molecule has 8 heteroatoms. The summed E-state index contributed by atoms with van der Waals surface area (Å²) in [6, 6.07) is 7.30. The molecule has 0 aliphatic carbocycles. The Balaban J connectivity index is 2.29.